The lowest BCUT2D eigenvalue weighted by Gasteiger charge is -2.27. The first kappa shape index (κ1) is 18.4. The van der Waals surface area contributed by atoms with Gasteiger partial charge in [-0.05, 0) is 50.8 Å². The molecule has 28 heavy (non-hydrogen) atoms. The van der Waals surface area contributed by atoms with Crippen LogP contribution in [0, 0.1) is 16.0 Å². The number of nitro groups is 1. The zero-order valence-electron chi connectivity index (χ0n) is 16.2. The van der Waals surface area contributed by atoms with Crippen LogP contribution in [0.1, 0.15) is 24.5 Å². The summed E-state index contributed by atoms with van der Waals surface area (Å²) in [6, 6.07) is 14.7. The van der Waals surface area contributed by atoms with Gasteiger partial charge in [0.05, 0.1) is 16.6 Å². The van der Waals surface area contributed by atoms with Crippen molar-refractivity contribution in [2.24, 2.45) is 11.1 Å². The highest BCUT2D eigenvalue weighted by atomic mass is 16.6. The molecule has 0 bridgehead atoms. The fourth-order valence-electron chi connectivity index (χ4n) is 3.55. The molecule has 2 aliphatic rings. The highest BCUT2D eigenvalue weighted by molar-refractivity contribution is 6.08. The molecular formula is C21H23N3O4. The number of non-ortho nitro benzene ring substituents is 1. The number of ether oxygens (including phenoxy) is 1. The molecule has 146 valence electrons. The molecule has 0 aromatic heterocycles. The van der Waals surface area contributed by atoms with Crippen molar-refractivity contribution in [2.45, 2.75) is 25.0 Å². The first-order valence-corrected chi connectivity index (χ1v) is 9.32. The maximum absolute atomic E-state index is 11.0. The minimum Gasteiger partial charge on any atom is -0.481 e. The highest BCUT2D eigenvalue weighted by Gasteiger charge is 2.64. The average molecular weight is 381 g/mol. The van der Waals surface area contributed by atoms with Crippen LogP contribution in [0.25, 0.3) is 0 Å². The molecule has 1 aliphatic carbocycles. The molecule has 7 nitrogen and oxygen atoms in total. The van der Waals surface area contributed by atoms with Crippen LogP contribution in [0.2, 0.25) is 0 Å². The summed E-state index contributed by atoms with van der Waals surface area (Å²) in [5, 5.41) is 15.4. The van der Waals surface area contributed by atoms with Crippen LogP contribution in [0.5, 0.6) is 5.75 Å². The number of para-hydroxylation sites is 1. The summed E-state index contributed by atoms with van der Waals surface area (Å²) < 4.78 is 6.36. The van der Waals surface area contributed by atoms with Crippen molar-refractivity contribution in [1.29, 1.82) is 0 Å². The average Bonchev–Trinajstić information content (AvgIpc) is 3.42. The van der Waals surface area contributed by atoms with Gasteiger partial charge in [0.2, 0.25) is 0 Å². The lowest BCUT2D eigenvalue weighted by molar-refractivity contribution is -0.384. The minimum absolute atomic E-state index is 0.0681. The smallest absolute Gasteiger partial charge is 0.269 e. The Kier molecular flexibility index (Phi) is 4.55. The number of likely N-dealkylation sites (N-methyl/N-ethyl adjacent to an activating group) is 1. The molecule has 3 atom stereocenters. The summed E-state index contributed by atoms with van der Waals surface area (Å²) in [6.07, 6.45) is 0.769. The molecule has 7 heteroatoms. The van der Waals surface area contributed by atoms with E-state index in [-0.39, 0.29) is 17.6 Å². The molecule has 1 aliphatic heterocycles. The Hall–Kier alpha value is -2.93. The Balaban J connectivity index is 1.64. The Labute approximate surface area is 163 Å². The normalized spacial score (nSPS) is 24.9. The van der Waals surface area contributed by atoms with E-state index in [9.17, 15) is 10.1 Å². The van der Waals surface area contributed by atoms with E-state index in [0.717, 1.165) is 29.0 Å². The lowest BCUT2D eigenvalue weighted by atomic mass is 9.95. The quantitative estimate of drug-likeness (QED) is 0.565. The SMILES string of the molecule is CC(CON=C1c2ccccc2OC2(c3ccc([N+](=O)[O-])cc3)CC12)N(C)C. The predicted molar refractivity (Wildman–Crippen MR) is 106 cm³/mol. The molecule has 4 rings (SSSR count). The molecule has 0 spiro atoms. The largest absolute Gasteiger partial charge is 0.481 e. The van der Waals surface area contributed by atoms with Gasteiger partial charge in [-0.15, -0.1) is 0 Å². The standard InChI is InChI=1S/C21H23N3O4/c1-14(23(2)3)13-27-22-20-17-6-4-5-7-19(17)28-21(12-18(20)21)15-8-10-16(11-9-15)24(25)26/h4-11,14,18H,12-13H2,1-3H3. The van der Waals surface area contributed by atoms with Crippen LogP contribution in [0.4, 0.5) is 5.69 Å². The van der Waals surface area contributed by atoms with Crippen molar-refractivity contribution in [1.82, 2.24) is 4.90 Å². The van der Waals surface area contributed by atoms with Gasteiger partial charge in [0.1, 0.15) is 18.0 Å². The van der Waals surface area contributed by atoms with Gasteiger partial charge in [-0.25, -0.2) is 0 Å². The van der Waals surface area contributed by atoms with Crippen LogP contribution in [-0.4, -0.2) is 42.3 Å². The molecule has 1 fully saturated rings. The molecule has 0 N–H and O–H groups in total. The maximum atomic E-state index is 11.0. The fraction of sp³-hybridized carbons (Fsp3) is 0.381. The number of oxime groups is 1. The molecule has 0 amide bonds. The van der Waals surface area contributed by atoms with Gasteiger partial charge in [-0.2, -0.15) is 0 Å². The third kappa shape index (κ3) is 3.11. The number of nitro benzene ring substituents is 1. The third-order valence-electron chi connectivity index (χ3n) is 5.62. The van der Waals surface area contributed by atoms with Crippen molar-refractivity contribution < 1.29 is 14.5 Å². The zero-order chi connectivity index (χ0) is 19.9. The predicted octanol–water partition coefficient (Wildman–Crippen LogP) is 3.57. The van der Waals surface area contributed by atoms with Crippen molar-refractivity contribution in [3.05, 3.63) is 69.8 Å². The number of fused-ring (bicyclic) bond motifs is 2. The molecule has 0 radical (unpaired) electrons. The number of nitrogens with zero attached hydrogens (tertiary/aromatic N) is 3. The van der Waals surface area contributed by atoms with Crippen LogP contribution in [0.15, 0.2) is 53.7 Å². The number of hydrogen-bond donors (Lipinski definition) is 0. The maximum Gasteiger partial charge on any atom is 0.269 e. The van der Waals surface area contributed by atoms with Crippen molar-refractivity contribution in [3.63, 3.8) is 0 Å². The summed E-state index contributed by atoms with van der Waals surface area (Å²) in [5.74, 6) is 0.830. The number of hydrogen-bond acceptors (Lipinski definition) is 6. The molecule has 1 heterocycles. The zero-order valence-corrected chi connectivity index (χ0v) is 16.2. The summed E-state index contributed by atoms with van der Waals surface area (Å²) >= 11 is 0. The topological polar surface area (TPSA) is 77.2 Å². The molecule has 1 saturated carbocycles. The number of rotatable bonds is 6. The van der Waals surface area contributed by atoms with Crippen molar-refractivity contribution >= 4 is 11.4 Å². The second-order valence-corrected chi connectivity index (χ2v) is 7.63. The summed E-state index contributed by atoms with van der Waals surface area (Å²) in [5.41, 5.74) is 2.29. The summed E-state index contributed by atoms with van der Waals surface area (Å²) in [7, 11) is 4.01. The van der Waals surface area contributed by atoms with Gasteiger partial charge in [-0.1, -0.05) is 17.3 Å². The van der Waals surface area contributed by atoms with Crippen LogP contribution in [-0.2, 0) is 10.4 Å². The van der Waals surface area contributed by atoms with E-state index in [4.69, 9.17) is 9.57 Å². The third-order valence-corrected chi connectivity index (χ3v) is 5.62. The Morgan fingerprint density at radius 1 is 1.29 bits per heavy atom. The van der Waals surface area contributed by atoms with Crippen LogP contribution < -0.4 is 4.74 Å². The van der Waals surface area contributed by atoms with Crippen molar-refractivity contribution in [2.75, 3.05) is 20.7 Å². The molecule has 3 unspecified atom stereocenters. The summed E-state index contributed by atoms with van der Waals surface area (Å²) in [4.78, 5) is 18.3. The van der Waals surface area contributed by atoms with Gasteiger partial charge in [-0.3, -0.25) is 10.1 Å². The van der Waals surface area contributed by atoms with E-state index in [0.29, 0.717) is 6.61 Å². The monoisotopic (exact) mass is 381 g/mol. The number of benzene rings is 2. The first-order valence-electron chi connectivity index (χ1n) is 9.32. The minimum atomic E-state index is -0.529. The molecule has 2 aromatic rings. The first-order chi connectivity index (χ1) is 13.4. The molecule has 0 saturated heterocycles. The van der Waals surface area contributed by atoms with E-state index >= 15 is 0 Å². The van der Waals surface area contributed by atoms with Gasteiger partial charge >= 0.3 is 0 Å². The van der Waals surface area contributed by atoms with E-state index in [1.807, 2.05) is 38.4 Å². The second kappa shape index (κ2) is 6.91. The van der Waals surface area contributed by atoms with E-state index < -0.39 is 10.5 Å². The van der Waals surface area contributed by atoms with E-state index in [1.54, 1.807) is 12.1 Å². The fourth-order valence-corrected chi connectivity index (χ4v) is 3.55. The Bertz CT molecular complexity index is 926. The van der Waals surface area contributed by atoms with Gasteiger partial charge in [0.15, 0.2) is 0 Å². The lowest BCUT2D eigenvalue weighted by Crippen LogP contribution is -2.30. The van der Waals surface area contributed by atoms with Gasteiger partial charge < -0.3 is 14.5 Å². The van der Waals surface area contributed by atoms with Crippen molar-refractivity contribution in [3.8, 4) is 5.75 Å². The molecule has 2 aromatic carbocycles. The summed E-state index contributed by atoms with van der Waals surface area (Å²) in [6.45, 7) is 2.58. The Morgan fingerprint density at radius 2 is 2.00 bits per heavy atom. The van der Waals surface area contributed by atoms with Gasteiger partial charge in [0, 0.05) is 30.2 Å². The second-order valence-electron chi connectivity index (χ2n) is 7.63. The molecular weight excluding hydrogens is 358 g/mol. The van der Waals surface area contributed by atoms with Gasteiger partial charge in [0.25, 0.3) is 5.69 Å². The Morgan fingerprint density at radius 3 is 2.68 bits per heavy atom. The highest BCUT2D eigenvalue weighted by Crippen LogP contribution is 2.60. The van der Waals surface area contributed by atoms with E-state index in [2.05, 4.69) is 17.0 Å². The van der Waals surface area contributed by atoms with E-state index in [1.165, 1.54) is 12.1 Å². The van der Waals surface area contributed by atoms with Crippen LogP contribution >= 0.6 is 0 Å². The van der Waals surface area contributed by atoms with Crippen LogP contribution in [0.3, 0.4) is 0 Å².